The Morgan fingerprint density at radius 3 is 2.21 bits per heavy atom. The summed E-state index contributed by atoms with van der Waals surface area (Å²) in [4.78, 5) is 40.2. The first-order chi connectivity index (χ1) is 16.0. The van der Waals surface area contributed by atoms with Gasteiger partial charge in [0.25, 0.3) is 0 Å². The van der Waals surface area contributed by atoms with Crippen molar-refractivity contribution in [2.75, 3.05) is 18.6 Å². The number of carbonyl (C=O) groups excluding carboxylic acids is 3. The van der Waals surface area contributed by atoms with Gasteiger partial charge in [-0.05, 0) is 72.6 Å². The lowest BCUT2D eigenvalue weighted by molar-refractivity contribution is -0.124. The molecule has 0 spiro atoms. The molecule has 2 aromatic rings. The predicted molar refractivity (Wildman–Crippen MR) is 121 cm³/mol. The number of anilines is 1. The van der Waals surface area contributed by atoms with Gasteiger partial charge in [0, 0.05) is 5.56 Å². The van der Waals surface area contributed by atoms with Crippen molar-refractivity contribution in [1.82, 2.24) is 0 Å². The maximum atomic E-state index is 13.2. The van der Waals surface area contributed by atoms with Crippen LogP contribution in [0.5, 0.6) is 11.5 Å². The molecule has 168 valence electrons. The Morgan fingerprint density at radius 2 is 1.64 bits per heavy atom. The van der Waals surface area contributed by atoms with Crippen molar-refractivity contribution >= 4 is 34.9 Å². The molecule has 7 rings (SSSR count). The fraction of sp³-hybridized carbons (Fsp3) is 0.346. The molecule has 2 bridgehead atoms. The van der Waals surface area contributed by atoms with Crippen molar-refractivity contribution in [2.45, 2.75) is 6.42 Å². The van der Waals surface area contributed by atoms with Crippen molar-refractivity contribution < 1.29 is 23.9 Å². The Hall–Kier alpha value is -3.12. The minimum absolute atomic E-state index is 0.0880. The zero-order valence-corrected chi connectivity index (χ0v) is 18.7. The average molecular weight is 464 g/mol. The predicted octanol–water partition coefficient (Wildman–Crippen LogP) is 4.17. The van der Waals surface area contributed by atoms with E-state index in [1.165, 1.54) is 12.0 Å². The van der Waals surface area contributed by atoms with Crippen LogP contribution in [0, 0.1) is 35.5 Å². The molecule has 1 saturated heterocycles. The first-order valence-electron chi connectivity index (χ1n) is 11.1. The van der Waals surface area contributed by atoms with E-state index in [1.807, 2.05) is 0 Å². The topological polar surface area (TPSA) is 72.9 Å². The molecule has 4 aliphatic carbocycles. The molecule has 3 fully saturated rings. The molecule has 5 aliphatic rings. The van der Waals surface area contributed by atoms with E-state index >= 15 is 0 Å². The number of ketones is 1. The summed E-state index contributed by atoms with van der Waals surface area (Å²) in [5.74, 6) is 1.69. The van der Waals surface area contributed by atoms with E-state index in [4.69, 9.17) is 21.1 Å². The van der Waals surface area contributed by atoms with Gasteiger partial charge >= 0.3 is 0 Å². The highest BCUT2D eigenvalue weighted by atomic mass is 35.5. The number of carbonyl (C=O) groups is 3. The number of hydrogen-bond donors (Lipinski definition) is 0. The standard InChI is InChI=1S/C26H22ClNO5/c1-32-22-9-2-13(10-20(22)27)21(29)12-33-15-5-3-14(4-6-15)28-25(30)23-16-7-8-17(19-11-18(16)19)24(23)26(28)31/h2-10,16-19,23-24H,11-12H2,1H3. The SMILES string of the molecule is COc1ccc(C(=O)COc2ccc(N3C(=O)C4C5C=CC(C6CC56)C4C3=O)cc2)cc1Cl. The summed E-state index contributed by atoms with van der Waals surface area (Å²) in [5.41, 5.74) is 0.975. The minimum Gasteiger partial charge on any atom is -0.495 e. The number of ether oxygens (including phenoxy) is 2. The summed E-state index contributed by atoms with van der Waals surface area (Å²) in [6.07, 6.45) is 5.47. The summed E-state index contributed by atoms with van der Waals surface area (Å²) in [7, 11) is 1.51. The lowest BCUT2D eigenvalue weighted by atomic mass is 9.63. The van der Waals surface area contributed by atoms with E-state index in [1.54, 1.807) is 42.5 Å². The number of halogens is 1. The van der Waals surface area contributed by atoms with E-state index < -0.39 is 0 Å². The molecule has 1 heterocycles. The normalized spacial score (nSPS) is 30.8. The van der Waals surface area contributed by atoms with E-state index in [-0.39, 0.29) is 47.9 Å². The Morgan fingerprint density at radius 1 is 1.00 bits per heavy atom. The molecule has 6 unspecified atom stereocenters. The molecule has 7 heteroatoms. The van der Waals surface area contributed by atoms with Crippen LogP contribution in [-0.4, -0.2) is 31.3 Å². The van der Waals surface area contributed by atoms with E-state index in [9.17, 15) is 14.4 Å². The van der Waals surface area contributed by atoms with Crippen molar-refractivity contribution in [3.8, 4) is 11.5 Å². The number of rotatable bonds is 6. The lowest BCUT2D eigenvalue weighted by Gasteiger charge is -2.37. The van der Waals surface area contributed by atoms with Crippen LogP contribution in [0.15, 0.2) is 54.6 Å². The van der Waals surface area contributed by atoms with Crippen LogP contribution in [0.2, 0.25) is 5.02 Å². The number of nitrogens with zero attached hydrogens (tertiary/aromatic N) is 1. The number of Topliss-reactive ketones (excluding diaryl/α,β-unsaturated/α-hetero) is 1. The van der Waals surface area contributed by atoms with Crippen LogP contribution in [0.1, 0.15) is 16.8 Å². The van der Waals surface area contributed by atoms with Crippen LogP contribution in [0.25, 0.3) is 0 Å². The zero-order chi connectivity index (χ0) is 22.9. The Balaban J connectivity index is 1.14. The molecule has 1 aliphatic heterocycles. The number of amides is 2. The number of imide groups is 1. The smallest absolute Gasteiger partial charge is 0.238 e. The molecule has 6 atom stereocenters. The summed E-state index contributed by atoms with van der Waals surface area (Å²) in [6, 6.07) is 11.6. The lowest BCUT2D eigenvalue weighted by Crippen LogP contribution is -2.40. The van der Waals surface area contributed by atoms with Crippen LogP contribution >= 0.6 is 11.6 Å². The number of allylic oxidation sites excluding steroid dienone is 2. The second-order valence-corrected chi connectivity index (χ2v) is 9.63. The van der Waals surface area contributed by atoms with Crippen LogP contribution in [-0.2, 0) is 9.59 Å². The van der Waals surface area contributed by atoms with Crippen molar-refractivity contribution in [3.63, 3.8) is 0 Å². The van der Waals surface area contributed by atoms with Crippen molar-refractivity contribution in [2.24, 2.45) is 35.5 Å². The third-order valence-electron chi connectivity index (χ3n) is 7.60. The second-order valence-electron chi connectivity index (χ2n) is 9.22. The van der Waals surface area contributed by atoms with Gasteiger partial charge in [-0.2, -0.15) is 0 Å². The molecule has 2 amide bonds. The van der Waals surface area contributed by atoms with Gasteiger partial charge in [-0.3, -0.25) is 19.3 Å². The largest absolute Gasteiger partial charge is 0.495 e. The molecule has 2 aromatic carbocycles. The molecular weight excluding hydrogens is 442 g/mol. The van der Waals surface area contributed by atoms with E-state index in [0.29, 0.717) is 39.6 Å². The fourth-order valence-electron chi connectivity index (χ4n) is 5.97. The first kappa shape index (κ1) is 20.5. The van der Waals surface area contributed by atoms with Crippen LogP contribution in [0.4, 0.5) is 5.69 Å². The number of methoxy groups -OCH3 is 1. The molecule has 33 heavy (non-hydrogen) atoms. The third-order valence-corrected chi connectivity index (χ3v) is 7.90. The molecule has 0 N–H and O–H groups in total. The monoisotopic (exact) mass is 463 g/mol. The highest BCUT2D eigenvalue weighted by Crippen LogP contribution is 2.65. The summed E-state index contributed by atoms with van der Waals surface area (Å²) in [6.45, 7) is -0.161. The first-order valence-corrected chi connectivity index (χ1v) is 11.5. The highest BCUT2D eigenvalue weighted by Gasteiger charge is 2.67. The van der Waals surface area contributed by atoms with Crippen LogP contribution < -0.4 is 14.4 Å². The maximum absolute atomic E-state index is 13.2. The average Bonchev–Trinajstić information content (AvgIpc) is 3.61. The van der Waals surface area contributed by atoms with Gasteiger partial charge in [-0.15, -0.1) is 0 Å². The summed E-state index contributed by atoms with van der Waals surface area (Å²) < 4.78 is 10.7. The van der Waals surface area contributed by atoms with Crippen molar-refractivity contribution in [1.29, 1.82) is 0 Å². The summed E-state index contributed by atoms with van der Waals surface area (Å²) in [5, 5.41) is 0.356. The van der Waals surface area contributed by atoms with Gasteiger partial charge in [-0.25, -0.2) is 0 Å². The third kappa shape index (κ3) is 3.11. The molecule has 0 radical (unpaired) electrons. The molecule has 2 saturated carbocycles. The quantitative estimate of drug-likeness (QED) is 0.365. The Labute approximate surface area is 196 Å². The second kappa shape index (κ2) is 7.45. The zero-order valence-electron chi connectivity index (χ0n) is 17.9. The fourth-order valence-corrected chi connectivity index (χ4v) is 6.23. The molecule has 6 nitrogen and oxygen atoms in total. The molecular formula is C26H22ClNO5. The number of benzene rings is 2. The highest BCUT2D eigenvalue weighted by molar-refractivity contribution is 6.32. The van der Waals surface area contributed by atoms with Gasteiger partial charge in [-0.1, -0.05) is 23.8 Å². The van der Waals surface area contributed by atoms with Gasteiger partial charge < -0.3 is 9.47 Å². The maximum Gasteiger partial charge on any atom is 0.238 e. The Kier molecular flexibility index (Phi) is 4.63. The van der Waals surface area contributed by atoms with Crippen molar-refractivity contribution in [3.05, 3.63) is 65.2 Å². The van der Waals surface area contributed by atoms with Gasteiger partial charge in [0.2, 0.25) is 11.8 Å². The molecule has 0 aromatic heterocycles. The number of hydrogen-bond acceptors (Lipinski definition) is 5. The van der Waals surface area contributed by atoms with Crippen LogP contribution in [0.3, 0.4) is 0 Å². The minimum atomic E-state index is -0.223. The Bertz CT molecular complexity index is 1170. The van der Waals surface area contributed by atoms with E-state index in [2.05, 4.69) is 12.2 Å². The summed E-state index contributed by atoms with van der Waals surface area (Å²) >= 11 is 6.09. The van der Waals surface area contributed by atoms with Gasteiger partial charge in [0.1, 0.15) is 11.5 Å². The van der Waals surface area contributed by atoms with Gasteiger partial charge in [0.05, 0.1) is 29.7 Å². The van der Waals surface area contributed by atoms with Gasteiger partial charge in [0.15, 0.2) is 12.4 Å². The van der Waals surface area contributed by atoms with E-state index in [0.717, 1.165) is 6.42 Å².